The van der Waals surface area contributed by atoms with E-state index in [0.717, 1.165) is 16.3 Å². The largest absolute Gasteiger partial charge is 0.483 e. The SMILES string of the molecule is CC1(COS(C)(=O)=O)Cc2cc(Br)cc(Cl)c2O1. The van der Waals surface area contributed by atoms with Crippen molar-refractivity contribution in [1.29, 1.82) is 0 Å². The molecule has 1 aliphatic heterocycles. The molecule has 0 radical (unpaired) electrons. The summed E-state index contributed by atoms with van der Waals surface area (Å²) in [6, 6.07) is 3.65. The summed E-state index contributed by atoms with van der Waals surface area (Å²) in [7, 11) is -3.48. The van der Waals surface area contributed by atoms with Crippen molar-refractivity contribution in [2.75, 3.05) is 12.9 Å². The molecule has 18 heavy (non-hydrogen) atoms. The van der Waals surface area contributed by atoms with Gasteiger partial charge in [-0.2, -0.15) is 8.42 Å². The molecule has 2 rings (SSSR count). The van der Waals surface area contributed by atoms with Crippen molar-refractivity contribution in [1.82, 2.24) is 0 Å². The van der Waals surface area contributed by atoms with E-state index >= 15 is 0 Å². The molecule has 0 aliphatic carbocycles. The molecule has 1 aromatic rings. The Labute approximate surface area is 119 Å². The Morgan fingerprint density at radius 2 is 2.22 bits per heavy atom. The first kappa shape index (κ1) is 14.1. The van der Waals surface area contributed by atoms with E-state index in [1.807, 2.05) is 6.07 Å². The zero-order chi connectivity index (χ0) is 13.6. The number of halogens is 2. The van der Waals surface area contributed by atoms with E-state index in [2.05, 4.69) is 15.9 Å². The zero-order valence-electron chi connectivity index (χ0n) is 9.87. The lowest BCUT2D eigenvalue weighted by Gasteiger charge is -2.22. The summed E-state index contributed by atoms with van der Waals surface area (Å²) in [5, 5.41) is 0.502. The van der Waals surface area contributed by atoms with Crippen molar-refractivity contribution in [3.63, 3.8) is 0 Å². The maximum Gasteiger partial charge on any atom is 0.264 e. The van der Waals surface area contributed by atoms with Crippen molar-refractivity contribution >= 4 is 37.6 Å². The molecular weight excluding hydrogens is 344 g/mol. The number of hydrogen-bond donors (Lipinski definition) is 0. The summed E-state index contributed by atoms with van der Waals surface area (Å²) >= 11 is 9.44. The third kappa shape index (κ3) is 3.17. The molecule has 1 unspecified atom stereocenters. The third-order valence-electron chi connectivity index (χ3n) is 2.58. The molecule has 100 valence electrons. The zero-order valence-corrected chi connectivity index (χ0v) is 13.0. The Hall–Kier alpha value is -0.300. The lowest BCUT2D eigenvalue weighted by molar-refractivity contribution is 0.0591. The molecule has 0 bridgehead atoms. The van der Waals surface area contributed by atoms with Gasteiger partial charge < -0.3 is 4.74 Å². The predicted octanol–water partition coefficient (Wildman–Crippen LogP) is 2.77. The van der Waals surface area contributed by atoms with E-state index < -0.39 is 15.7 Å². The molecule has 4 nitrogen and oxygen atoms in total. The molecule has 1 atom stereocenters. The topological polar surface area (TPSA) is 52.6 Å². The molecule has 0 aromatic heterocycles. The van der Waals surface area contributed by atoms with Crippen LogP contribution in [0.25, 0.3) is 0 Å². The molecule has 0 fully saturated rings. The maximum absolute atomic E-state index is 11.0. The van der Waals surface area contributed by atoms with Gasteiger partial charge in [0.1, 0.15) is 18.0 Å². The minimum atomic E-state index is -3.48. The van der Waals surface area contributed by atoms with Crippen LogP contribution in [0.15, 0.2) is 16.6 Å². The summed E-state index contributed by atoms with van der Waals surface area (Å²) in [6.07, 6.45) is 1.57. The number of ether oxygens (including phenoxy) is 1. The van der Waals surface area contributed by atoms with Crippen LogP contribution in [0.4, 0.5) is 0 Å². The second-order valence-corrected chi connectivity index (χ2v) is 7.54. The first-order valence-electron chi connectivity index (χ1n) is 5.20. The van der Waals surface area contributed by atoms with Gasteiger partial charge in [-0.05, 0) is 19.1 Å². The van der Waals surface area contributed by atoms with E-state index in [1.54, 1.807) is 13.0 Å². The average molecular weight is 356 g/mol. The van der Waals surface area contributed by atoms with Gasteiger partial charge in [-0.1, -0.05) is 27.5 Å². The lowest BCUT2D eigenvalue weighted by atomic mass is 10.0. The summed E-state index contributed by atoms with van der Waals surface area (Å²) in [4.78, 5) is 0. The molecule has 1 aliphatic rings. The van der Waals surface area contributed by atoms with Crippen LogP contribution in [0.2, 0.25) is 5.02 Å². The third-order valence-corrected chi connectivity index (χ3v) is 3.86. The van der Waals surface area contributed by atoms with Gasteiger partial charge in [-0.3, -0.25) is 4.18 Å². The van der Waals surface area contributed by atoms with Gasteiger partial charge in [0.2, 0.25) is 0 Å². The second kappa shape index (κ2) is 4.67. The second-order valence-electron chi connectivity index (χ2n) is 4.57. The quantitative estimate of drug-likeness (QED) is 0.782. The molecule has 0 N–H and O–H groups in total. The van der Waals surface area contributed by atoms with E-state index in [-0.39, 0.29) is 6.61 Å². The van der Waals surface area contributed by atoms with Gasteiger partial charge in [0, 0.05) is 16.5 Å². The number of rotatable bonds is 3. The minimum absolute atomic E-state index is 0.0333. The van der Waals surface area contributed by atoms with Crippen molar-refractivity contribution in [3.05, 3.63) is 27.2 Å². The summed E-state index contributed by atoms with van der Waals surface area (Å²) in [5.41, 5.74) is 0.226. The van der Waals surface area contributed by atoms with Crippen LogP contribution in [0.5, 0.6) is 5.75 Å². The summed E-state index contributed by atoms with van der Waals surface area (Å²) < 4.78 is 33.4. The molecule has 0 spiro atoms. The highest BCUT2D eigenvalue weighted by Gasteiger charge is 2.37. The molecule has 0 saturated carbocycles. The highest BCUT2D eigenvalue weighted by Crippen LogP contribution is 2.42. The van der Waals surface area contributed by atoms with Gasteiger partial charge in [0.05, 0.1) is 11.3 Å². The molecular formula is C11H12BrClO4S. The monoisotopic (exact) mass is 354 g/mol. The smallest absolute Gasteiger partial charge is 0.264 e. The van der Waals surface area contributed by atoms with E-state index in [4.69, 9.17) is 20.5 Å². The van der Waals surface area contributed by atoms with Crippen LogP contribution in [-0.2, 0) is 20.7 Å². The lowest BCUT2D eigenvalue weighted by Crippen LogP contribution is -2.36. The van der Waals surface area contributed by atoms with Crippen LogP contribution in [-0.4, -0.2) is 26.9 Å². The number of fused-ring (bicyclic) bond motifs is 1. The van der Waals surface area contributed by atoms with Crippen LogP contribution in [0, 0.1) is 0 Å². The van der Waals surface area contributed by atoms with Crippen LogP contribution in [0.1, 0.15) is 12.5 Å². The summed E-state index contributed by atoms with van der Waals surface area (Å²) in [6.45, 7) is 1.76. The Morgan fingerprint density at radius 1 is 1.56 bits per heavy atom. The van der Waals surface area contributed by atoms with Crippen LogP contribution < -0.4 is 4.74 Å². The highest BCUT2D eigenvalue weighted by molar-refractivity contribution is 9.10. The Kier molecular flexibility index (Phi) is 3.66. The fourth-order valence-electron chi connectivity index (χ4n) is 1.86. The van der Waals surface area contributed by atoms with Gasteiger partial charge in [0.15, 0.2) is 0 Å². The molecule has 1 heterocycles. The van der Waals surface area contributed by atoms with Crippen LogP contribution in [0.3, 0.4) is 0 Å². The van der Waals surface area contributed by atoms with E-state index in [9.17, 15) is 8.42 Å². The number of benzene rings is 1. The fraction of sp³-hybridized carbons (Fsp3) is 0.455. The summed E-state index contributed by atoms with van der Waals surface area (Å²) in [5.74, 6) is 0.597. The standard InChI is InChI=1S/C11H12BrClO4S/c1-11(6-16-18(2,14)15)5-7-3-8(12)4-9(13)10(7)17-11/h3-4H,5-6H2,1-2H3. The average Bonchev–Trinajstić information content (AvgIpc) is 2.52. The van der Waals surface area contributed by atoms with Crippen molar-refractivity contribution in [2.45, 2.75) is 18.9 Å². The fourth-order valence-corrected chi connectivity index (χ4v) is 3.23. The Balaban J connectivity index is 2.20. The number of hydrogen-bond acceptors (Lipinski definition) is 4. The van der Waals surface area contributed by atoms with Gasteiger partial charge in [-0.15, -0.1) is 0 Å². The normalized spacial score (nSPS) is 22.7. The molecule has 7 heteroatoms. The first-order valence-corrected chi connectivity index (χ1v) is 8.19. The van der Waals surface area contributed by atoms with Crippen molar-refractivity contribution < 1.29 is 17.3 Å². The van der Waals surface area contributed by atoms with E-state index in [0.29, 0.717) is 17.2 Å². The maximum atomic E-state index is 11.0. The molecule has 0 saturated heterocycles. The Morgan fingerprint density at radius 3 is 2.83 bits per heavy atom. The minimum Gasteiger partial charge on any atom is -0.483 e. The first-order chi connectivity index (χ1) is 8.19. The van der Waals surface area contributed by atoms with Crippen LogP contribution >= 0.6 is 27.5 Å². The van der Waals surface area contributed by atoms with Crippen molar-refractivity contribution in [2.24, 2.45) is 0 Å². The van der Waals surface area contributed by atoms with Gasteiger partial charge >= 0.3 is 0 Å². The Bertz CT molecular complexity index is 587. The molecule has 1 aromatic carbocycles. The predicted molar refractivity (Wildman–Crippen MR) is 72.7 cm³/mol. The van der Waals surface area contributed by atoms with Gasteiger partial charge in [0.25, 0.3) is 10.1 Å². The van der Waals surface area contributed by atoms with Gasteiger partial charge in [-0.25, -0.2) is 0 Å². The van der Waals surface area contributed by atoms with E-state index in [1.165, 1.54) is 0 Å². The highest BCUT2D eigenvalue weighted by atomic mass is 79.9. The molecule has 0 amide bonds. The van der Waals surface area contributed by atoms with Crippen molar-refractivity contribution in [3.8, 4) is 5.75 Å².